The molecule has 0 saturated heterocycles. The summed E-state index contributed by atoms with van der Waals surface area (Å²) in [6.07, 6.45) is 1.09. The molecule has 0 saturated carbocycles. The summed E-state index contributed by atoms with van der Waals surface area (Å²) in [4.78, 5) is 0. The monoisotopic (exact) mass is 203 g/mol. The average Bonchev–Trinajstić information content (AvgIpc) is 2.29. The number of nitrogens with one attached hydrogen (secondary N) is 2. The van der Waals surface area contributed by atoms with Gasteiger partial charge in [-0.1, -0.05) is 13.0 Å². The molecule has 0 aliphatic carbocycles. The van der Waals surface area contributed by atoms with Gasteiger partial charge in [0.2, 0.25) is 0 Å². The van der Waals surface area contributed by atoms with E-state index in [-0.39, 0.29) is 0 Å². The van der Waals surface area contributed by atoms with Crippen molar-refractivity contribution in [2.24, 2.45) is 0 Å². The molecule has 0 bridgehead atoms. The van der Waals surface area contributed by atoms with Crippen molar-refractivity contribution >= 4 is 5.69 Å². The first kappa shape index (κ1) is 11.5. The van der Waals surface area contributed by atoms with E-state index >= 15 is 0 Å². The maximum Gasteiger partial charge on any atom is 0.0992 e. The van der Waals surface area contributed by atoms with Gasteiger partial charge in [-0.25, -0.2) is 0 Å². The van der Waals surface area contributed by atoms with Crippen LogP contribution in [0.15, 0.2) is 24.3 Å². The van der Waals surface area contributed by atoms with Crippen LogP contribution in [0.4, 0.5) is 5.69 Å². The molecular formula is C12H17N3. The summed E-state index contributed by atoms with van der Waals surface area (Å²) in [5.41, 5.74) is 1.72. The average molecular weight is 203 g/mol. The van der Waals surface area contributed by atoms with Gasteiger partial charge in [-0.05, 0) is 37.7 Å². The zero-order chi connectivity index (χ0) is 10.9. The molecule has 0 fully saturated rings. The highest BCUT2D eigenvalue weighted by molar-refractivity contribution is 5.48. The molecule has 80 valence electrons. The number of anilines is 1. The quantitative estimate of drug-likeness (QED) is 0.695. The minimum absolute atomic E-state index is 0.701. The van der Waals surface area contributed by atoms with Gasteiger partial charge >= 0.3 is 0 Å². The van der Waals surface area contributed by atoms with Gasteiger partial charge in [-0.2, -0.15) is 5.26 Å². The zero-order valence-corrected chi connectivity index (χ0v) is 9.09. The number of hydrogen-bond donors (Lipinski definition) is 2. The topological polar surface area (TPSA) is 47.8 Å². The number of rotatable bonds is 6. The van der Waals surface area contributed by atoms with E-state index in [0.717, 1.165) is 31.7 Å². The van der Waals surface area contributed by atoms with Crippen molar-refractivity contribution in [2.75, 3.05) is 25.0 Å². The Kier molecular flexibility index (Phi) is 5.28. The lowest BCUT2D eigenvalue weighted by Crippen LogP contribution is -2.17. The van der Waals surface area contributed by atoms with Gasteiger partial charge in [-0.15, -0.1) is 0 Å². The fourth-order valence-corrected chi connectivity index (χ4v) is 1.32. The van der Waals surface area contributed by atoms with Gasteiger partial charge in [0, 0.05) is 12.2 Å². The summed E-state index contributed by atoms with van der Waals surface area (Å²) in [7, 11) is 0. The fourth-order valence-electron chi connectivity index (χ4n) is 1.32. The predicted octanol–water partition coefficient (Wildman–Crippen LogP) is 1.97. The van der Waals surface area contributed by atoms with Crippen molar-refractivity contribution in [3.63, 3.8) is 0 Å². The van der Waals surface area contributed by atoms with Crippen LogP contribution in [-0.4, -0.2) is 19.6 Å². The second-order valence-corrected chi connectivity index (χ2v) is 3.33. The zero-order valence-electron chi connectivity index (χ0n) is 9.09. The first-order chi connectivity index (χ1) is 7.36. The molecule has 0 aromatic heterocycles. The van der Waals surface area contributed by atoms with Crippen LogP contribution in [0.1, 0.15) is 18.9 Å². The maximum absolute atomic E-state index is 8.72. The van der Waals surface area contributed by atoms with Gasteiger partial charge in [0.05, 0.1) is 11.6 Å². The molecule has 1 aromatic carbocycles. The number of nitriles is 1. The van der Waals surface area contributed by atoms with E-state index in [1.165, 1.54) is 0 Å². The maximum atomic E-state index is 8.72. The molecule has 0 unspecified atom stereocenters. The van der Waals surface area contributed by atoms with Gasteiger partial charge in [0.15, 0.2) is 0 Å². The minimum Gasteiger partial charge on any atom is -0.385 e. The fraction of sp³-hybridized carbons (Fsp3) is 0.417. The van der Waals surface area contributed by atoms with Crippen molar-refractivity contribution in [1.82, 2.24) is 5.32 Å². The Morgan fingerprint density at radius 1 is 1.33 bits per heavy atom. The molecule has 3 nitrogen and oxygen atoms in total. The SMILES string of the molecule is CCNCCCNc1cccc(C#N)c1. The molecule has 0 aliphatic heterocycles. The molecule has 3 heteroatoms. The van der Waals surface area contributed by atoms with Crippen LogP contribution < -0.4 is 10.6 Å². The second kappa shape index (κ2) is 6.86. The Hall–Kier alpha value is -1.53. The Morgan fingerprint density at radius 2 is 2.20 bits per heavy atom. The Morgan fingerprint density at radius 3 is 2.93 bits per heavy atom. The number of hydrogen-bond acceptors (Lipinski definition) is 3. The van der Waals surface area contributed by atoms with E-state index in [9.17, 15) is 0 Å². The summed E-state index contributed by atoms with van der Waals surface area (Å²) >= 11 is 0. The van der Waals surface area contributed by atoms with Crippen LogP contribution in [0.25, 0.3) is 0 Å². The Balaban J connectivity index is 2.28. The standard InChI is InChI=1S/C12H17N3/c1-2-14-7-4-8-15-12-6-3-5-11(9-12)10-13/h3,5-6,9,14-15H,2,4,7-8H2,1H3. The second-order valence-electron chi connectivity index (χ2n) is 3.33. The van der Waals surface area contributed by atoms with Crippen LogP contribution in [0.2, 0.25) is 0 Å². The molecule has 0 amide bonds. The summed E-state index contributed by atoms with van der Waals surface area (Å²) in [6.45, 7) is 5.08. The molecule has 0 radical (unpaired) electrons. The predicted molar refractivity (Wildman–Crippen MR) is 62.8 cm³/mol. The third-order valence-electron chi connectivity index (χ3n) is 2.10. The van der Waals surface area contributed by atoms with Crippen LogP contribution in [0, 0.1) is 11.3 Å². The first-order valence-corrected chi connectivity index (χ1v) is 5.31. The van der Waals surface area contributed by atoms with E-state index in [4.69, 9.17) is 5.26 Å². The lowest BCUT2D eigenvalue weighted by atomic mass is 10.2. The van der Waals surface area contributed by atoms with Crippen LogP contribution in [-0.2, 0) is 0 Å². The Bertz CT molecular complexity index is 328. The van der Waals surface area contributed by atoms with Gasteiger partial charge in [-0.3, -0.25) is 0 Å². The van der Waals surface area contributed by atoms with Crippen LogP contribution in [0.5, 0.6) is 0 Å². The minimum atomic E-state index is 0.701. The summed E-state index contributed by atoms with van der Waals surface area (Å²) in [6, 6.07) is 9.68. The van der Waals surface area contributed by atoms with E-state index < -0.39 is 0 Å². The molecule has 0 heterocycles. The van der Waals surface area contributed by atoms with Gasteiger partial charge in [0.25, 0.3) is 0 Å². The summed E-state index contributed by atoms with van der Waals surface area (Å²) < 4.78 is 0. The molecule has 1 rings (SSSR count). The lowest BCUT2D eigenvalue weighted by Gasteiger charge is -2.06. The molecule has 0 aliphatic rings. The smallest absolute Gasteiger partial charge is 0.0992 e. The highest BCUT2D eigenvalue weighted by Crippen LogP contribution is 2.09. The van der Waals surface area contributed by atoms with Crippen LogP contribution >= 0.6 is 0 Å². The number of benzene rings is 1. The first-order valence-electron chi connectivity index (χ1n) is 5.31. The highest BCUT2D eigenvalue weighted by atomic mass is 14.9. The summed E-state index contributed by atoms with van der Waals surface area (Å²) in [5.74, 6) is 0. The number of nitrogens with zero attached hydrogens (tertiary/aromatic N) is 1. The molecule has 15 heavy (non-hydrogen) atoms. The van der Waals surface area contributed by atoms with Crippen molar-refractivity contribution in [3.05, 3.63) is 29.8 Å². The molecule has 0 spiro atoms. The van der Waals surface area contributed by atoms with E-state index in [1.807, 2.05) is 24.3 Å². The third-order valence-corrected chi connectivity index (χ3v) is 2.10. The van der Waals surface area contributed by atoms with Crippen molar-refractivity contribution in [1.29, 1.82) is 5.26 Å². The molecule has 2 N–H and O–H groups in total. The normalized spacial score (nSPS) is 9.60. The van der Waals surface area contributed by atoms with Gasteiger partial charge < -0.3 is 10.6 Å². The summed E-state index contributed by atoms with van der Waals surface area (Å²) in [5, 5.41) is 15.3. The highest BCUT2D eigenvalue weighted by Gasteiger charge is 1.93. The van der Waals surface area contributed by atoms with E-state index in [1.54, 1.807) is 0 Å². The Labute approximate surface area is 91.1 Å². The third kappa shape index (κ3) is 4.48. The van der Waals surface area contributed by atoms with Crippen molar-refractivity contribution < 1.29 is 0 Å². The largest absolute Gasteiger partial charge is 0.385 e. The van der Waals surface area contributed by atoms with Gasteiger partial charge in [0.1, 0.15) is 0 Å². The lowest BCUT2D eigenvalue weighted by molar-refractivity contribution is 0.689. The van der Waals surface area contributed by atoms with Crippen molar-refractivity contribution in [2.45, 2.75) is 13.3 Å². The van der Waals surface area contributed by atoms with E-state index in [0.29, 0.717) is 5.56 Å². The molecule has 0 atom stereocenters. The van der Waals surface area contributed by atoms with E-state index in [2.05, 4.69) is 23.6 Å². The molecular weight excluding hydrogens is 186 g/mol. The van der Waals surface area contributed by atoms with Crippen LogP contribution in [0.3, 0.4) is 0 Å². The van der Waals surface area contributed by atoms with Crippen molar-refractivity contribution in [3.8, 4) is 6.07 Å². The molecule has 1 aromatic rings.